The first-order valence-corrected chi connectivity index (χ1v) is 11.3. The first-order chi connectivity index (χ1) is 14.8. The number of carbonyl (C=O) groups excluding carboxylic acids is 4. The monoisotopic (exact) mass is 456 g/mol. The minimum atomic E-state index is -0.831. The lowest BCUT2D eigenvalue weighted by atomic mass is 9.98. The molecule has 3 N–H and O–H groups in total. The Labute approximate surface area is 191 Å². The van der Waals surface area contributed by atoms with Crippen LogP contribution in [0.25, 0.3) is 0 Å². The van der Waals surface area contributed by atoms with E-state index >= 15 is 0 Å². The van der Waals surface area contributed by atoms with Gasteiger partial charge in [0, 0.05) is 6.54 Å². The summed E-state index contributed by atoms with van der Waals surface area (Å²) in [5.41, 5.74) is -0.694. The summed E-state index contributed by atoms with van der Waals surface area (Å²) in [5.74, 6) is -1.18. The number of methoxy groups -OCH3 is 1. The predicted octanol–water partition coefficient (Wildman–Crippen LogP) is 2.37. The van der Waals surface area contributed by atoms with E-state index in [1.165, 1.54) is 12.0 Å². The van der Waals surface area contributed by atoms with Crippen molar-refractivity contribution in [2.75, 3.05) is 13.7 Å². The number of hydrogen-bond acceptors (Lipinski definition) is 6. The molecule has 0 aromatic heterocycles. The Morgan fingerprint density at radius 3 is 2.19 bits per heavy atom. The van der Waals surface area contributed by atoms with Crippen molar-refractivity contribution >= 4 is 24.0 Å². The molecule has 1 heterocycles. The van der Waals surface area contributed by atoms with Crippen molar-refractivity contribution < 1.29 is 28.7 Å². The minimum absolute atomic E-state index is 0.138. The van der Waals surface area contributed by atoms with E-state index in [1.807, 2.05) is 27.7 Å². The van der Waals surface area contributed by atoms with Gasteiger partial charge in [0.15, 0.2) is 0 Å². The first kappa shape index (κ1) is 27.5. The number of esters is 1. The number of hydrogen-bond donors (Lipinski definition) is 3. The van der Waals surface area contributed by atoms with E-state index < -0.39 is 47.9 Å². The fraction of sp³-hybridized carbons (Fsp3) is 0.818. The van der Waals surface area contributed by atoms with Crippen molar-refractivity contribution in [3.63, 3.8) is 0 Å². The Bertz CT molecular complexity index is 676. The summed E-state index contributed by atoms with van der Waals surface area (Å²) in [4.78, 5) is 51.5. The van der Waals surface area contributed by atoms with Crippen LogP contribution in [-0.2, 0) is 19.1 Å². The maximum absolute atomic E-state index is 13.1. The Hall–Kier alpha value is -2.52. The number of rotatable bonds is 8. The summed E-state index contributed by atoms with van der Waals surface area (Å²) in [7, 11) is 1.29. The third-order valence-corrected chi connectivity index (χ3v) is 5.40. The van der Waals surface area contributed by atoms with Gasteiger partial charge in [-0.15, -0.1) is 0 Å². The van der Waals surface area contributed by atoms with Crippen LogP contribution in [0, 0.1) is 11.8 Å². The summed E-state index contributed by atoms with van der Waals surface area (Å²) in [6.07, 6.45) is 0.513. The van der Waals surface area contributed by atoms with Crippen LogP contribution in [0.5, 0.6) is 0 Å². The van der Waals surface area contributed by atoms with Gasteiger partial charge in [-0.25, -0.2) is 14.4 Å². The second-order valence-electron chi connectivity index (χ2n) is 9.56. The van der Waals surface area contributed by atoms with Crippen LogP contribution in [0.1, 0.15) is 67.7 Å². The van der Waals surface area contributed by atoms with E-state index in [-0.39, 0.29) is 11.8 Å². The molecule has 0 spiro atoms. The topological polar surface area (TPSA) is 126 Å². The van der Waals surface area contributed by atoms with Crippen molar-refractivity contribution in [2.45, 2.75) is 91.6 Å². The molecule has 0 aromatic rings. The van der Waals surface area contributed by atoms with Gasteiger partial charge in [-0.05, 0) is 45.4 Å². The van der Waals surface area contributed by atoms with Gasteiger partial charge in [0.05, 0.1) is 7.11 Å². The molecule has 4 atom stereocenters. The zero-order valence-corrected chi connectivity index (χ0v) is 20.6. The van der Waals surface area contributed by atoms with Crippen LogP contribution in [0.2, 0.25) is 0 Å². The Morgan fingerprint density at radius 2 is 1.69 bits per heavy atom. The Morgan fingerprint density at radius 1 is 1.06 bits per heavy atom. The lowest BCUT2D eigenvalue weighted by Gasteiger charge is -2.31. The molecule has 10 heteroatoms. The number of nitrogens with zero attached hydrogens (tertiary/aromatic N) is 1. The van der Waals surface area contributed by atoms with Crippen LogP contribution >= 0.6 is 0 Å². The van der Waals surface area contributed by atoms with E-state index in [9.17, 15) is 19.2 Å². The standard InChI is InChI=1S/C22H40N4O6/c1-9-14(4)16(23-21(30)32-22(5,6)7)18(27)24-17(13(2)3)25-20(29)26-12-10-11-15(26)19(28)31-8/h13-17H,9-12H2,1-8H3,(H,23,30)(H,24,27)(H,25,29)/t14-,15-,16-,17-/m0/s1. The number of urea groups is 1. The maximum atomic E-state index is 13.1. The predicted molar refractivity (Wildman–Crippen MR) is 120 cm³/mol. The second kappa shape index (κ2) is 11.9. The van der Waals surface area contributed by atoms with Crippen molar-refractivity contribution in [1.82, 2.24) is 20.9 Å². The molecule has 1 saturated heterocycles. The van der Waals surface area contributed by atoms with Crippen molar-refractivity contribution in [3.05, 3.63) is 0 Å². The van der Waals surface area contributed by atoms with Gasteiger partial charge in [0.1, 0.15) is 23.9 Å². The van der Waals surface area contributed by atoms with Gasteiger partial charge in [0.2, 0.25) is 5.91 Å². The number of alkyl carbamates (subject to hydrolysis) is 1. The lowest BCUT2D eigenvalue weighted by Crippen LogP contribution is -2.60. The van der Waals surface area contributed by atoms with Crippen LogP contribution in [-0.4, -0.2) is 66.4 Å². The average Bonchev–Trinajstić information content (AvgIpc) is 3.18. The normalized spacial score (nSPS) is 19.0. The molecule has 1 aliphatic heterocycles. The highest BCUT2D eigenvalue weighted by Crippen LogP contribution is 2.19. The lowest BCUT2D eigenvalue weighted by molar-refractivity contribution is -0.145. The Balaban J connectivity index is 2.89. The molecule has 1 rings (SSSR count). The van der Waals surface area contributed by atoms with Gasteiger partial charge >= 0.3 is 18.1 Å². The van der Waals surface area contributed by atoms with Crippen molar-refractivity contribution in [3.8, 4) is 0 Å². The van der Waals surface area contributed by atoms with Gasteiger partial charge in [-0.3, -0.25) is 4.79 Å². The largest absolute Gasteiger partial charge is 0.467 e. The van der Waals surface area contributed by atoms with Crippen LogP contribution in [0.15, 0.2) is 0 Å². The fourth-order valence-corrected chi connectivity index (χ4v) is 3.36. The van der Waals surface area contributed by atoms with Crippen LogP contribution in [0.3, 0.4) is 0 Å². The summed E-state index contributed by atoms with van der Waals surface area (Å²) < 4.78 is 10.1. The van der Waals surface area contributed by atoms with Crippen molar-refractivity contribution in [1.29, 1.82) is 0 Å². The van der Waals surface area contributed by atoms with E-state index in [0.29, 0.717) is 25.8 Å². The molecular weight excluding hydrogens is 416 g/mol. The molecule has 32 heavy (non-hydrogen) atoms. The summed E-state index contributed by atoms with van der Waals surface area (Å²) in [6.45, 7) is 13.2. The fourth-order valence-electron chi connectivity index (χ4n) is 3.36. The highest BCUT2D eigenvalue weighted by molar-refractivity contribution is 5.87. The molecule has 184 valence electrons. The number of ether oxygens (including phenoxy) is 2. The summed E-state index contributed by atoms with van der Waals surface area (Å²) in [6, 6.07) is -1.91. The third-order valence-electron chi connectivity index (χ3n) is 5.40. The number of amides is 4. The highest BCUT2D eigenvalue weighted by Gasteiger charge is 2.37. The van der Waals surface area contributed by atoms with Gasteiger partial charge in [-0.1, -0.05) is 34.1 Å². The van der Waals surface area contributed by atoms with E-state index in [4.69, 9.17) is 9.47 Å². The van der Waals surface area contributed by atoms with Gasteiger partial charge in [-0.2, -0.15) is 0 Å². The highest BCUT2D eigenvalue weighted by atomic mass is 16.6. The molecular formula is C22H40N4O6. The minimum Gasteiger partial charge on any atom is -0.467 e. The molecule has 0 saturated carbocycles. The number of nitrogens with one attached hydrogen (secondary N) is 3. The van der Waals surface area contributed by atoms with E-state index in [2.05, 4.69) is 16.0 Å². The first-order valence-electron chi connectivity index (χ1n) is 11.3. The summed E-state index contributed by atoms with van der Waals surface area (Å²) in [5, 5.41) is 8.28. The maximum Gasteiger partial charge on any atom is 0.408 e. The molecule has 0 unspecified atom stereocenters. The average molecular weight is 457 g/mol. The van der Waals surface area contributed by atoms with Crippen LogP contribution < -0.4 is 16.0 Å². The van der Waals surface area contributed by atoms with E-state index in [0.717, 1.165) is 0 Å². The second-order valence-corrected chi connectivity index (χ2v) is 9.56. The zero-order valence-electron chi connectivity index (χ0n) is 20.6. The molecule has 0 aromatic carbocycles. The molecule has 4 amide bonds. The molecule has 0 radical (unpaired) electrons. The SMILES string of the molecule is CC[C@H](C)[C@H](NC(=O)OC(C)(C)C)C(=O)N[C@@H](NC(=O)N1CCC[C@H]1C(=O)OC)C(C)C. The van der Waals surface area contributed by atoms with Gasteiger partial charge < -0.3 is 30.3 Å². The third kappa shape index (κ3) is 8.20. The zero-order chi connectivity index (χ0) is 24.6. The van der Waals surface area contributed by atoms with Gasteiger partial charge in [0.25, 0.3) is 0 Å². The van der Waals surface area contributed by atoms with Crippen LogP contribution in [0.4, 0.5) is 9.59 Å². The van der Waals surface area contributed by atoms with Crippen molar-refractivity contribution in [2.24, 2.45) is 11.8 Å². The van der Waals surface area contributed by atoms with E-state index in [1.54, 1.807) is 20.8 Å². The molecule has 1 fully saturated rings. The molecule has 0 aliphatic carbocycles. The molecule has 0 bridgehead atoms. The number of carbonyl (C=O) groups is 4. The smallest absolute Gasteiger partial charge is 0.408 e. The molecule has 1 aliphatic rings. The number of likely N-dealkylation sites (tertiary alicyclic amines) is 1. The Kier molecular flexibility index (Phi) is 10.2. The summed E-state index contributed by atoms with van der Waals surface area (Å²) >= 11 is 0. The molecule has 10 nitrogen and oxygen atoms in total. The quantitative estimate of drug-likeness (QED) is 0.380.